The molecule has 0 spiro atoms. The molecule has 0 aliphatic heterocycles. The Kier molecular flexibility index (Phi) is 6.72. The highest BCUT2D eigenvalue weighted by molar-refractivity contribution is 7.90. The van der Waals surface area contributed by atoms with Crippen LogP contribution in [0.2, 0.25) is 0 Å². The van der Waals surface area contributed by atoms with E-state index in [2.05, 4.69) is 0 Å². The Morgan fingerprint density at radius 1 is 1.38 bits per heavy atom. The first-order chi connectivity index (χ1) is 7.41. The third kappa shape index (κ3) is 7.23. The molecule has 0 fully saturated rings. The third-order valence-electron chi connectivity index (χ3n) is 2.01. The van der Waals surface area contributed by atoms with E-state index in [0.717, 1.165) is 6.42 Å². The van der Waals surface area contributed by atoms with E-state index in [1.165, 1.54) is 12.2 Å². The average Bonchev–Trinajstić information content (AvgIpc) is 2.16. The Morgan fingerprint density at radius 2 is 2.00 bits per heavy atom. The van der Waals surface area contributed by atoms with Crippen molar-refractivity contribution in [2.75, 3.05) is 5.75 Å². The summed E-state index contributed by atoms with van der Waals surface area (Å²) in [5.41, 5.74) is 0. The smallest absolute Gasteiger partial charge is 0.257 e. The molecule has 5 heteroatoms. The number of nitrogens with one attached hydrogen (secondary N) is 1. The van der Waals surface area contributed by atoms with Crippen LogP contribution in [0.15, 0.2) is 24.3 Å². The molecule has 0 heterocycles. The first-order valence-electron chi connectivity index (χ1n) is 5.25. The molecule has 0 aliphatic carbocycles. The fourth-order valence-corrected chi connectivity index (χ4v) is 2.42. The van der Waals surface area contributed by atoms with Crippen molar-refractivity contribution in [2.45, 2.75) is 27.2 Å². The fraction of sp³-hybridized carbons (Fsp3) is 0.545. The Balaban J connectivity index is 4.32. The van der Waals surface area contributed by atoms with Gasteiger partial charge in [0, 0.05) is 6.08 Å². The molecule has 0 aromatic heterocycles. The maximum Gasteiger partial charge on any atom is 0.257 e. The molecule has 0 saturated heterocycles. The quantitative estimate of drug-likeness (QED) is 0.571. The molecular formula is C11H19NO3S. The summed E-state index contributed by atoms with van der Waals surface area (Å²) in [5, 5.41) is 0. The molecule has 0 bridgehead atoms. The summed E-state index contributed by atoms with van der Waals surface area (Å²) in [5.74, 6) is -0.585. The lowest BCUT2D eigenvalue weighted by Crippen LogP contribution is -2.33. The number of hydrogen-bond acceptors (Lipinski definition) is 3. The van der Waals surface area contributed by atoms with Gasteiger partial charge in [-0.25, -0.2) is 13.1 Å². The largest absolute Gasteiger partial charge is 0.269 e. The van der Waals surface area contributed by atoms with E-state index in [-0.39, 0.29) is 11.7 Å². The summed E-state index contributed by atoms with van der Waals surface area (Å²) in [6.45, 7) is 5.55. The Bertz CT molecular complexity index is 369. The van der Waals surface area contributed by atoms with Crippen LogP contribution >= 0.6 is 0 Å². The topological polar surface area (TPSA) is 63.2 Å². The Hall–Kier alpha value is -1.10. The average molecular weight is 245 g/mol. The van der Waals surface area contributed by atoms with Crippen molar-refractivity contribution >= 4 is 15.9 Å². The van der Waals surface area contributed by atoms with Crippen LogP contribution in [0.4, 0.5) is 0 Å². The van der Waals surface area contributed by atoms with Crippen molar-refractivity contribution in [3.8, 4) is 0 Å². The van der Waals surface area contributed by atoms with E-state index < -0.39 is 15.9 Å². The van der Waals surface area contributed by atoms with E-state index in [1.807, 2.05) is 25.5 Å². The zero-order valence-corrected chi connectivity index (χ0v) is 10.8. The monoisotopic (exact) mass is 245 g/mol. The number of sulfonamides is 1. The van der Waals surface area contributed by atoms with E-state index in [4.69, 9.17) is 0 Å². The number of rotatable bonds is 6. The van der Waals surface area contributed by atoms with Crippen LogP contribution in [0, 0.1) is 5.92 Å². The van der Waals surface area contributed by atoms with Crippen LogP contribution in [0.5, 0.6) is 0 Å². The summed E-state index contributed by atoms with van der Waals surface area (Å²) in [4.78, 5) is 11.2. The van der Waals surface area contributed by atoms with E-state index in [1.54, 1.807) is 12.2 Å². The highest BCUT2D eigenvalue weighted by Gasteiger charge is 2.15. The van der Waals surface area contributed by atoms with Crippen LogP contribution in [0.1, 0.15) is 27.2 Å². The standard InChI is InChI=1S/C11H19NO3S/c1-4-6-7-8-11(13)12-16(14,15)9-10(3)5-2/h4,6-8,10H,5,9H2,1-3H3,(H,12,13). The van der Waals surface area contributed by atoms with Crippen molar-refractivity contribution in [2.24, 2.45) is 5.92 Å². The molecule has 1 amide bonds. The summed E-state index contributed by atoms with van der Waals surface area (Å²) < 4.78 is 24.9. The van der Waals surface area contributed by atoms with Gasteiger partial charge in [0.05, 0.1) is 5.75 Å². The second-order valence-corrected chi connectivity index (χ2v) is 5.41. The minimum absolute atomic E-state index is 0.0211. The normalized spacial score (nSPS) is 14.4. The predicted octanol–water partition coefficient (Wildman–Crippen LogP) is 1.61. The van der Waals surface area contributed by atoms with Gasteiger partial charge in [-0.2, -0.15) is 0 Å². The molecule has 0 radical (unpaired) electrons. The lowest BCUT2D eigenvalue weighted by Gasteiger charge is -2.09. The number of carbonyl (C=O) groups excluding carboxylic acids is 1. The Labute approximate surface area is 97.5 Å². The van der Waals surface area contributed by atoms with Crippen LogP contribution in [0.25, 0.3) is 0 Å². The first kappa shape index (κ1) is 14.9. The molecule has 0 saturated carbocycles. The van der Waals surface area contributed by atoms with Gasteiger partial charge >= 0.3 is 0 Å². The van der Waals surface area contributed by atoms with Crippen LogP contribution in [-0.4, -0.2) is 20.1 Å². The summed E-state index contributed by atoms with van der Waals surface area (Å²) in [6, 6.07) is 0. The summed E-state index contributed by atoms with van der Waals surface area (Å²) >= 11 is 0. The molecule has 0 aromatic rings. The summed E-state index contributed by atoms with van der Waals surface area (Å²) in [6.07, 6.45) is 6.85. The third-order valence-corrected chi connectivity index (χ3v) is 3.53. The van der Waals surface area contributed by atoms with Crippen molar-refractivity contribution in [3.63, 3.8) is 0 Å². The maximum atomic E-state index is 11.5. The highest BCUT2D eigenvalue weighted by atomic mass is 32.2. The maximum absolute atomic E-state index is 11.5. The molecular weight excluding hydrogens is 226 g/mol. The van der Waals surface area contributed by atoms with Crippen LogP contribution in [-0.2, 0) is 14.8 Å². The first-order valence-corrected chi connectivity index (χ1v) is 6.90. The van der Waals surface area contributed by atoms with Crippen molar-refractivity contribution < 1.29 is 13.2 Å². The predicted molar refractivity (Wildman–Crippen MR) is 65.3 cm³/mol. The molecule has 0 aromatic carbocycles. The minimum Gasteiger partial charge on any atom is -0.269 e. The molecule has 0 rings (SSSR count). The SMILES string of the molecule is CC=CC=CC(=O)NS(=O)(=O)CC(C)CC. The van der Waals surface area contributed by atoms with Gasteiger partial charge in [0.1, 0.15) is 0 Å². The van der Waals surface area contributed by atoms with Crippen molar-refractivity contribution in [1.82, 2.24) is 4.72 Å². The Morgan fingerprint density at radius 3 is 2.50 bits per heavy atom. The van der Waals surface area contributed by atoms with Gasteiger partial charge in [0.25, 0.3) is 5.91 Å². The van der Waals surface area contributed by atoms with Crippen molar-refractivity contribution in [1.29, 1.82) is 0 Å². The van der Waals surface area contributed by atoms with Gasteiger partial charge in [-0.15, -0.1) is 0 Å². The van der Waals surface area contributed by atoms with E-state index in [9.17, 15) is 13.2 Å². The lowest BCUT2D eigenvalue weighted by atomic mass is 10.2. The summed E-state index contributed by atoms with van der Waals surface area (Å²) in [7, 11) is -3.50. The van der Waals surface area contributed by atoms with Crippen LogP contribution in [0.3, 0.4) is 0 Å². The minimum atomic E-state index is -3.50. The number of carbonyl (C=O) groups is 1. The molecule has 4 nitrogen and oxygen atoms in total. The van der Waals surface area contributed by atoms with Gasteiger partial charge in [-0.05, 0) is 12.8 Å². The molecule has 1 N–H and O–H groups in total. The number of hydrogen-bond donors (Lipinski definition) is 1. The molecule has 16 heavy (non-hydrogen) atoms. The molecule has 1 atom stereocenters. The number of allylic oxidation sites excluding steroid dienone is 3. The van der Waals surface area contributed by atoms with Gasteiger partial charge in [0.15, 0.2) is 0 Å². The molecule has 0 aliphatic rings. The van der Waals surface area contributed by atoms with E-state index >= 15 is 0 Å². The molecule has 92 valence electrons. The second-order valence-electron chi connectivity index (χ2n) is 3.65. The van der Waals surface area contributed by atoms with Crippen molar-refractivity contribution in [3.05, 3.63) is 24.3 Å². The highest BCUT2D eigenvalue weighted by Crippen LogP contribution is 2.03. The lowest BCUT2D eigenvalue weighted by molar-refractivity contribution is -0.114. The molecule has 1 unspecified atom stereocenters. The zero-order valence-electron chi connectivity index (χ0n) is 9.93. The van der Waals surface area contributed by atoms with Gasteiger partial charge < -0.3 is 0 Å². The van der Waals surface area contributed by atoms with Gasteiger partial charge in [0.2, 0.25) is 10.0 Å². The number of amides is 1. The van der Waals surface area contributed by atoms with E-state index in [0.29, 0.717) is 0 Å². The van der Waals surface area contributed by atoms with Crippen LogP contribution < -0.4 is 4.72 Å². The fourth-order valence-electron chi connectivity index (χ4n) is 0.975. The van der Waals surface area contributed by atoms with Gasteiger partial charge in [-0.1, -0.05) is 38.5 Å². The zero-order chi connectivity index (χ0) is 12.6. The van der Waals surface area contributed by atoms with Gasteiger partial charge in [-0.3, -0.25) is 4.79 Å². The second kappa shape index (κ2) is 7.22.